The normalized spacial score (nSPS) is 20.4. The van der Waals surface area contributed by atoms with Crippen molar-refractivity contribution in [3.05, 3.63) is 0 Å². The number of carboxylic acid groups (broad SMARTS) is 1. The van der Waals surface area contributed by atoms with Crippen molar-refractivity contribution in [2.45, 2.75) is 17.8 Å². The molecule has 0 amide bonds. The lowest BCUT2D eigenvalue weighted by molar-refractivity contribution is -0.133. The van der Waals surface area contributed by atoms with Crippen LogP contribution < -0.4 is 0 Å². The minimum atomic E-state index is -0.901. The number of hydrogen-bond acceptors (Lipinski definition) is 7. The van der Waals surface area contributed by atoms with Crippen LogP contribution in [0.4, 0.5) is 0 Å². The summed E-state index contributed by atoms with van der Waals surface area (Å²) in [7, 11) is 0. The smallest absolute Gasteiger partial charge is 0.313 e. The van der Waals surface area contributed by atoms with Crippen molar-refractivity contribution in [2.24, 2.45) is 0 Å². The van der Waals surface area contributed by atoms with Crippen molar-refractivity contribution >= 4 is 17.7 Å². The van der Waals surface area contributed by atoms with Gasteiger partial charge < -0.3 is 14.6 Å². The van der Waals surface area contributed by atoms with E-state index >= 15 is 0 Å². The molecule has 0 bridgehead atoms. The van der Waals surface area contributed by atoms with Gasteiger partial charge in [0.1, 0.15) is 6.10 Å². The number of tetrazole rings is 1. The molecule has 9 heteroatoms. The van der Waals surface area contributed by atoms with Crippen molar-refractivity contribution < 1.29 is 19.4 Å². The number of carboxylic acids is 1. The van der Waals surface area contributed by atoms with Crippen LogP contribution in [0.3, 0.4) is 0 Å². The van der Waals surface area contributed by atoms with Gasteiger partial charge in [0.25, 0.3) is 0 Å². The van der Waals surface area contributed by atoms with Gasteiger partial charge in [-0.3, -0.25) is 4.79 Å². The number of carbonyl (C=O) groups is 1. The highest BCUT2D eigenvalue weighted by atomic mass is 32.2. The Labute approximate surface area is 101 Å². The number of ether oxygens (including phenoxy) is 2. The minimum absolute atomic E-state index is 0.0671. The van der Waals surface area contributed by atoms with Gasteiger partial charge in [-0.05, 0) is 10.4 Å². The van der Waals surface area contributed by atoms with E-state index in [1.54, 1.807) is 0 Å². The van der Waals surface area contributed by atoms with Crippen LogP contribution in [0.5, 0.6) is 0 Å². The minimum Gasteiger partial charge on any atom is -0.481 e. The summed E-state index contributed by atoms with van der Waals surface area (Å²) in [6, 6.07) is 0. The summed E-state index contributed by atoms with van der Waals surface area (Å²) < 4.78 is 12.3. The van der Waals surface area contributed by atoms with Crippen molar-refractivity contribution in [3.63, 3.8) is 0 Å². The number of hydrogen-bond donors (Lipinski definition) is 1. The SMILES string of the molecule is O=C(O)CSc1nnnn1CC1COCCO1. The zero-order valence-corrected chi connectivity index (χ0v) is 9.80. The number of rotatable bonds is 5. The van der Waals surface area contributed by atoms with E-state index in [1.165, 1.54) is 4.68 Å². The predicted octanol–water partition coefficient (Wildman–Crippen LogP) is -0.735. The number of thioether (sulfide) groups is 1. The molecule has 0 aliphatic carbocycles. The molecule has 2 heterocycles. The average molecular weight is 260 g/mol. The quantitative estimate of drug-likeness (QED) is 0.691. The molecule has 2 rings (SSSR count). The van der Waals surface area contributed by atoms with E-state index in [9.17, 15) is 4.79 Å². The molecule has 1 saturated heterocycles. The summed E-state index contributed by atoms with van der Waals surface area (Å²) in [4.78, 5) is 10.5. The van der Waals surface area contributed by atoms with Crippen LogP contribution in [-0.2, 0) is 20.8 Å². The zero-order valence-electron chi connectivity index (χ0n) is 8.98. The first-order valence-corrected chi connectivity index (χ1v) is 6.04. The number of aromatic nitrogens is 4. The zero-order chi connectivity index (χ0) is 12.1. The van der Waals surface area contributed by atoms with Crippen LogP contribution in [0.1, 0.15) is 0 Å². The lowest BCUT2D eigenvalue weighted by Crippen LogP contribution is -2.32. The summed E-state index contributed by atoms with van der Waals surface area (Å²) in [5.41, 5.74) is 0. The molecule has 1 N–H and O–H groups in total. The third-order valence-corrected chi connectivity index (χ3v) is 3.03. The van der Waals surface area contributed by atoms with E-state index in [2.05, 4.69) is 15.5 Å². The topological polar surface area (TPSA) is 99.4 Å². The molecule has 17 heavy (non-hydrogen) atoms. The Morgan fingerprint density at radius 1 is 1.59 bits per heavy atom. The molecule has 8 nitrogen and oxygen atoms in total. The second-order valence-corrected chi connectivity index (χ2v) is 4.34. The molecule has 1 aromatic rings. The summed E-state index contributed by atoms with van der Waals surface area (Å²) in [6.45, 7) is 2.13. The van der Waals surface area contributed by atoms with Gasteiger partial charge in [-0.25, -0.2) is 4.68 Å². The van der Waals surface area contributed by atoms with Crippen LogP contribution in [0.15, 0.2) is 5.16 Å². The van der Waals surface area contributed by atoms with Gasteiger partial charge in [0.2, 0.25) is 5.16 Å². The summed E-state index contributed by atoms with van der Waals surface area (Å²) in [6.07, 6.45) is -0.0866. The van der Waals surface area contributed by atoms with Crippen molar-refractivity contribution in [2.75, 3.05) is 25.6 Å². The maximum atomic E-state index is 10.5. The van der Waals surface area contributed by atoms with Gasteiger partial charge in [0.05, 0.1) is 32.1 Å². The standard InChI is InChI=1S/C8H12N4O4S/c13-7(14)5-17-8-9-10-11-12(8)3-6-4-15-1-2-16-6/h6H,1-5H2,(H,13,14). The average Bonchev–Trinajstić information content (AvgIpc) is 2.75. The first kappa shape index (κ1) is 12.3. The van der Waals surface area contributed by atoms with Crippen LogP contribution in [0, 0.1) is 0 Å². The third kappa shape index (κ3) is 3.65. The monoisotopic (exact) mass is 260 g/mol. The van der Waals surface area contributed by atoms with E-state index in [-0.39, 0.29) is 11.9 Å². The Hall–Kier alpha value is -1.19. The molecular weight excluding hydrogens is 248 g/mol. The highest BCUT2D eigenvalue weighted by Crippen LogP contribution is 2.14. The first-order valence-electron chi connectivity index (χ1n) is 5.06. The van der Waals surface area contributed by atoms with E-state index in [1.807, 2.05) is 0 Å². The lowest BCUT2D eigenvalue weighted by atomic mass is 10.3. The van der Waals surface area contributed by atoms with Gasteiger partial charge in [-0.15, -0.1) is 5.10 Å². The van der Waals surface area contributed by atoms with Crippen molar-refractivity contribution in [1.82, 2.24) is 20.2 Å². The summed E-state index contributed by atoms with van der Waals surface area (Å²) in [5.74, 6) is -0.968. The largest absolute Gasteiger partial charge is 0.481 e. The molecular formula is C8H12N4O4S. The van der Waals surface area contributed by atoms with Gasteiger partial charge in [-0.1, -0.05) is 11.8 Å². The van der Waals surface area contributed by atoms with Crippen molar-refractivity contribution in [1.29, 1.82) is 0 Å². The van der Waals surface area contributed by atoms with Crippen LogP contribution in [0.2, 0.25) is 0 Å². The Morgan fingerprint density at radius 3 is 3.18 bits per heavy atom. The van der Waals surface area contributed by atoms with Gasteiger partial charge >= 0.3 is 5.97 Å². The Morgan fingerprint density at radius 2 is 2.47 bits per heavy atom. The Kier molecular flexibility index (Phi) is 4.29. The lowest BCUT2D eigenvalue weighted by Gasteiger charge is -2.22. The van der Waals surface area contributed by atoms with Crippen LogP contribution in [0.25, 0.3) is 0 Å². The van der Waals surface area contributed by atoms with Gasteiger partial charge in [0.15, 0.2) is 0 Å². The third-order valence-electron chi connectivity index (χ3n) is 2.09. The van der Waals surface area contributed by atoms with E-state index in [0.29, 0.717) is 31.5 Å². The molecule has 0 spiro atoms. The molecule has 1 aliphatic heterocycles. The Bertz CT molecular complexity index is 379. The fraction of sp³-hybridized carbons (Fsp3) is 0.750. The fourth-order valence-corrected chi connectivity index (χ4v) is 1.98. The maximum absolute atomic E-state index is 10.5. The summed E-state index contributed by atoms with van der Waals surface area (Å²) in [5, 5.41) is 20.1. The molecule has 0 aromatic carbocycles. The highest BCUT2D eigenvalue weighted by molar-refractivity contribution is 7.99. The van der Waals surface area contributed by atoms with Crippen LogP contribution in [-0.4, -0.2) is 63.0 Å². The molecule has 1 aromatic heterocycles. The highest BCUT2D eigenvalue weighted by Gasteiger charge is 2.18. The molecule has 1 aliphatic rings. The fourth-order valence-electron chi connectivity index (χ4n) is 1.38. The van der Waals surface area contributed by atoms with Crippen molar-refractivity contribution in [3.8, 4) is 0 Å². The second kappa shape index (κ2) is 5.94. The number of aliphatic carboxylic acids is 1. The maximum Gasteiger partial charge on any atom is 0.313 e. The Balaban J connectivity index is 1.91. The number of nitrogens with zero attached hydrogens (tertiary/aromatic N) is 4. The first-order chi connectivity index (χ1) is 8.25. The molecule has 1 fully saturated rings. The van der Waals surface area contributed by atoms with Crippen LogP contribution >= 0.6 is 11.8 Å². The van der Waals surface area contributed by atoms with E-state index in [0.717, 1.165) is 11.8 Å². The predicted molar refractivity (Wildman–Crippen MR) is 56.7 cm³/mol. The molecule has 0 saturated carbocycles. The molecule has 94 valence electrons. The van der Waals surface area contributed by atoms with Gasteiger partial charge in [0, 0.05) is 0 Å². The van der Waals surface area contributed by atoms with E-state index in [4.69, 9.17) is 14.6 Å². The molecule has 1 atom stereocenters. The van der Waals surface area contributed by atoms with E-state index < -0.39 is 5.97 Å². The molecule has 1 unspecified atom stereocenters. The molecule has 0 radical (unpaired) electrons. The second-order valence-electron chi connectivity index (χ2n) is 3.39. The van der Waals surface area contributed by atoms with Gasteiger partial charge in [-0.2, -0.15) is 0 Å². The summed E-state index contributed by atoms with van der Waals surface area (Å²) >= 11 is 1.08.